The topological polar surface area (TPSA) is 106 Å². The lowest BCUT2D eigenvalue weighted by atomic mass is 10.1. The smallest absolute Gasteiger partial charge is 0.251 e. The lowest BCUT2D eigenvalue weighted by Gasteiger charge is -2.35. The highest BCUT2D eigenvalue weighted by Gasteiger charge is 2.32. The Hall–Kier alpha value is -2.21. The van der Waals surface area contributed by atoms with Gasteiger partial charge in [-0.1, -0.05) is 6.07 Å². The SMILES string of the molecule is COc1ccc(CC(=O)N2CCN(C(=O)[C@H]3CCCO3)CC2)cc1S(=O)(=O)N1CCOCC1. The number of hydrogen-bond acceptors (Lipinski definition) is 7. The summed E-state index contributed by atoms with van der Waals surface area (Å²) in [4.78, 5) is 29.0. The summed E-state index contributed by atoms with van der Waals surface area (Å²) in [5, 5.41) is 0. The van der Waals surface area contributed by atoms with Crippen LogP contribution in [-0.4, -0.2) is 107 Å². The minimum Gasteiger partial charge on any atom is -0.495 e. The van der Waals surface area contributed by atoms with Crippen molar-refractivity contribution in [2.45, 2.75) is 30.3 Å². The number of nitrogens with zero attached hydrogens (tertiary/aromatic N) is 3. The molecule has 0 aliphatic carbocycles. The average molecular weight is 482 g/mol. The first-order valence-corrected chi connectivity index (χ1v) is 12.8. The van der Waals surface area contributed by atoms with E-state index in [1.54, 1.807) is 21.9 Å². The quantitative estimate of drug-likeness (QED) is 0.568. The maximum atomic E-state index is 13.2. The number of hydrogen-bond donors (Lipinski definition) is 0. The van der Waals surface area contributed by atoms with Crippen LogP contribution in [0.3, 0.4) is 0 Å². The molecule has 3 fully saturated rings. The van der Waals surface area contributed by atoms with Gasteiger partial charge < -0.3 is 24.0 Å². The zero-order valence-corrected chi connectivity index (χ0v) is 19.7. The Balaban J connectivity index is 1.40. The number of benzene rings is 1. The largest absolute Gasteiger partial charge is 0.495 e. The van der Waals surface area contributed by atoms with Crippen LogP contribution in [0.5, 0.6) is 5.75 Å². The number of carbonyl (C=O) groups is 2. The highest BCUT2D eigenvalue weighted by molar-refractivity contribution is 7.89. The van der Waals surface area contributed by atoms with E-state index in [4.69, 9.17) is 14.2 Å². The van der Waals surface area contributed by atoms with Gasteiger partial charge in [-0.25, -0.2) is 8.42 Å². The molecular formula is C22H31N3O7S. The molecule has 10 nitrogen and oxygen atoms in total. The highest BCUT2D eigenvalue weighted by Crippen LogP contribution is 2.29. The van der Waals surface area contributed by atoms with E-state index in [1.165, 1.54) is 17.5 Å². The van der Waals surface area contributed by atoms with Crippen LogP contribution in [0.4, 0.5) is 0 Å². The Morgan fingerprint density at radius 1 is 1.03 bits per heavy atom. The van der Waals surface area contributed by atoms with Crippen molar-refractivity contribution in [3.05, 3.63) is 23.8 Å². The van der Waals surface area contributed by atoms with Crippen molar-refractivity contribution in [3.8, 4) is 5.75 Å². The van der Waals surface area contributed by atoms with Crippen LogP contribution < -0.4 is 4.74 Å². The van der Waals surface area contributed by atoms with E-state index in [-0.39, 0.29) is 48.1 Å². The molecule has 3 heterocycles. The second kappa shape index (κ2) is 10.4. The number of ether oxygens (including phenoxy) is 3. The van der Waals surface area contributed by atoms with Gasteiger partial charge in [0.25, 0.3) is 5.91 Å². The minimum atomic E-state index is -3.77. The van der Waals surface area contributed by atoms with E-state index in [0.29, 0.717) is 51.6 Å². The summed E-state index contributed by atoms with van der Waals surface area (Å²) < 4.78 is 43.7. The predicted octanol–water partition coefficient (Wildman–Crippen LogP) is 0.108. The molecule has 1 aromatic carbocycles. The molecule has 1 aromatic rings. The van der Waals surface area contributed by atoms with Gasteiger partial charge in [-0.2, -0.15) is 4.31 Å². The molecule has 182 valence electrons. The summed E-state index contributed by atoms with van der Waals surface area (Å²) in [6.07, 6.45) is 1.39. The maximum absolute atomic E-state index is 13.2. The van der Waals surface area contributed by atoms with Crippen LogP contribution in [0.25, 0.3) is 0 Å². The fourth-order valence-corrected chi connectivity index (χ4v) is 6.01. The zero-order chi connectivity index (χ0) is 23.4. The Bertz CT molecular complexity index is 964. The summed E-state index contributed by atoms with van der Waals surface area (Å²) in [6, 6.07) is 4.83. The Morgan fingerprint density at radius 2 is 1.73 bits per heavy atom. The third kappa shape index (κ3) is 5.32. The second-order valence-electron chi connectivity index (χ2n) is 8.39. The molecule has 33 heavy (non-hydrogen) atoms. The summed E-state index contributed by atoms with van der Waals surface area (Å²) in [6.45, 7) is 3.74. The third-order valence-corrected chi connectivity index (χ3v) is 8.24. The normalized spacial score (nSPS) is 22.4. The number of rotatable bonds is 6. The minimum absolute atomic E-state index is 0.00714. The zero-order valence-electron chi connectivity index (χ0n) is 18.9. The Labute approximate surface area is 194 Å². The van der Waals surface area contributed by atoms with Crippen LogP contribution in [0.2, 0.25) is 0 Å². The molecule has 4 rings (SSSR count). The fraction of sp³-hybridized carbons (Fsp3) is 0.636. The molecule has 3 saturated heterocycles. The number of piperazine rings is 1. The van der Waals surface area contributed by atoms with Gasteiger partial charge in [0.05, 0.1) is 26.7 Å². The highest BCUT2D eigenvalue weighted by atomic mass is 32.2. The van der Waals surface area contributed by atoms with Crippen LogP contribution in [0.1, 0.15) is 18.4 Å². The van der Waals surface area contributed by atoms with E-state index >= 15 is 0 Å². The standard InChI is InChI=1S/C22H31N3O7S/c1-30-18-5-4-17(15-20(18)33(28,29)25-10-13-31-14-11-25)16-21(26)23-6-8-24(9-7-23)22(27)19-3-2-12-32-19/h4-5,15,19H,2-3,6-14,16H2,1H3/t19-/m1/s1. The van der Waals surface area contributed by atoms with E-state index < -0.39 is 10.0 Å². The first-order chi connectivity index (χ1) is 15.9. The first kappa shape index (κ1) is 23.9. The van der Waals surface area contributed by atoms with E-state index in [2.05, 4.69) is 0 Å². The lowest BCUT2D eigenvalue weighted by molar-refractivity contribution is -0.145. The molecule has 2 amide bonds. The molecule has 3 aliphatic rings. The van der Waals surface area contributed by atoms with Crippen LogP contribution in [0.15, 0.2) is 23.1 Å². The van der Waals surface area contributed by atoms with Crippen molar-refractivity contribution in [2.24, 2.45) is 0 Å². The molecule has 1 atom stereocenters. The van der Waals surface area contributed by atoms with Crippen LogP contribution >= 0.6 is 0 Å². The molecule has 0 aromatic heterocycles. The predicted molar refractivity (Wildman–Crippen MR) is 118 cm³/mol. The van der Waals surface area contributed by atoms with Gasteiger partial charge in [-0.05, 0) is 30.5 Å². The van der Waals surface area contributed by atoms with Crippen molar-refractivity contribution in [2.75, 3.05) is 66.2 Å². The van der Waals surface area contributed by atoms with E-state index in [0.717, 1.165) is 12.8 Å². The van der Waals surface area contributed by atoms with E-state index in [9.17, 15) is 18.0 Å². The van der Waals surface area contributed by atoms with Crippen molar-refractivity contribution in [1.29, 1.82) is 0 Å². The van der Waals surface area contributed by atoms with Gasteiger partial charge in [-0.15, -0.1) is 0 Å². The fourth-order valence-electron chi connectivity index (χ4n) is 4.40. The maximum Gasteiger partial charge on any atom is 0.251 e. The van der Waals surface area contributed by atoms with E-state index in [1.807, 2.05) is 0 Å². The average Bonchev–Trinajstić information content (AvgIpc) is 3.39. The monoisotopic (exact) mass is 481 g/mol. The van der Waals surface area contributed by atoms with Gasteiger partial charge in [0.1, 0.15) is 16.7 Å². The van der Waals surface area contributed by atoms with Gasteiger partial charge in [0.2, 0.25) is 15.9 Å². The number of morpholine rings is 1. The van der Waals surface area contributed by atoms with Gasteiger partial charge in [-0.3, -0.25) is 9.59 Å². The molecule has 0 N–H and O–H groups in total. The van der Waals surface area contributed by atoms with Crippen LogP contribution in [-0.2, 0) is 35.5 Å². The Morgan fingerprint density at radius 3 is 2.36 bits per heavy atom. The first-order valence-electron chi connectivity index (χ1n) is 11.3. The van der Waals surface area contributed by atoms with Crippen LogP contribution in [0, 0.1) is 0 Å². The van der Waals surface area contributed by atoms with Crippen molar-refractivity contribution in [3.63, 3.8) is 0 Å². The van der Waals surface area contributed by atoms with Crippen molar-refractivity contribution >= 4 is 21.8 Å². The van der Waals surface area contributed by atoms with Gasteiger partial charge in [0, 0.05) is 45.9 Å². The van der Waals surface area contributed by atoms with Crippen molar-refractivity contribution < 1.29 is 32.2 Å². The molecule has 0 saturated carbocycles. The number of methoxy groups -OCH3 is 1. The Kier molecular flexibility index (Phi) is 7.52. The van der Waals surface area contributed by atoms with Gasteiger partial charge >= 0.3 is 0 Å². The van der Waals surface area contributed by atoms with Gasteiger partial charge in [0.15, 0.2) is 0 Å². The summed E-state index contributed by atoms with van der Waals surface area (Å²) in [5.74, 6) is 0.158. The second-order valence-corrected chi connectivity index (χ2v) is 10.3. The summed E-state index contributed by atoms with van der Waals surface area (Å²) >= 11 is 0. The summed E-state index contributed by atoms with van der Waals surface area (Å²) in [7, 11) is -2.34. The molecule has 0 unspecified atom stereocenters. The molecule has 0 bridgehead atoms. The molecule has 3 aliphatic heterocycles. The number of amides is 2. The summed E-state index contributed by atoms with van der Waals surface area (Å²) in [5.41, 5.74) is 0.602. The molecule has 0 radical (unpaired) electrons. The molecular weight excluding hydrogens is 450 g/mol. The van der Waals surface area contributed by atoms with Crippen molar-refractivity contribution in [1.82, 2.24) is 14.1 Å². The number of sulfonamides is 1. The number of carbonyl (C=O) groups excluding carboxylic acids is 2. The third-order valence-electron chi connectivity index (χ3n) is 6.32. The lowest BCUT2D eigenvalue weighted by Crippen LogP contribution is -2.53. The molecule has 0 spiro atoms. The molecule has 11 heteroatoms.